The lowest BCUT2D eigenvalue weighted by atomic mass is 10.0. The van der Waals surface area contributed by atoms with Crippen LogP contribution in [0.4, 0.5) is 0 Å². The lowest BCUT2D eigenvalue weighted by Crippen LogP contribution is -2.28. The van der Waals surface area contributed by atoms with Gasteiger partial charge in [0.1, 0.15) is 6.04 Å². The van der Waals surface area contributed by atoms with Crippen molar-refractivity contribution in [3.63, 3.8) is 0 Å². The number of amides is 1. The summed E-state index contributed by atoms with van der Waals surface area (Å²) in [6.07, 6.45) is 4.46. The molecule has 0 saturated carbocycles. The van der Waals surface area contributed by atoms with E-state index in [1.54, 1.807) is 4.90 Å². The molecule has 1 unspecified atom stereocenters. The van der Waals surface area contributed by atoms with Crippen LogP contribution < -0.4 is 0 Å². The number of rotatable bonds is 5. The molecule has 0 radical (unpaired) electrons. The molecule has 0 spiro atoms. The molecule has 1 amide bonds. The number of carbonyl (C=O) groups excluding carboxylic acids is 1. The van der Waals surface area contributed by atoms with Crippen LogP contribution in [0.5, 0.6) is 0 Å². The van der Waals surface area contributed by atoms with Gasteiger partial charge in [-0.15, -0.1) is 0 Å². The third-order valence-corrected chi connectivity index (χ3v) is 3.76. The minimum absolute atomic E-state index is 0.0242. The van der Waals surface area contributed by atoms with E-state index < -0.39 is 6.04 Å². The highest BCUT2D eigenvalue weighted by Gasteiger charge is 2.37. The molecule has 0 bridgehead atoms. The fourth-order valence-corrected chi connectivity index (χ4v) is 2.72. The molecule has 19 heavy (non-hydrogen) atoms. The number of hydrogen-bond acceptors (Lipinski definition) is 2. The zero-order valence-electron chi connectivity index (χ0n) is 11.6. The predicted molar refractivity (Wildman–Crippen MR) is 74.7 cm³/mol. The maximum absolute atomic E-state index is 12.4. The first kappa shape index (κ1) is 13.6. The number of nitriles is 1. The molecule has 0 saturated heterocycles. The number of aryl methyl sites for hydroxylation is 1. The average molecular weight is 256 g/mol. The van der Waals surface area contributed by atoms with Gasteiger partial charge in [-0.25, -0.2) is 0 Å². The molecule has 0 aliphatic carbocycles. The number of benzene rings is 1. The standard InChI is InChI=1S/C16H20N2O/c1-3-4-5-6-10-18-14(11-17)13-9-7-8-12(2)15(13)16(18)19/h7-9,14H,3-6,10H2,1-2H3. The van der Waals surface area contributed by atoms with Crippen molar-refractivity contribution >= 4 is 5.91 Å². The monoisotopic (exact) mass is 256 g/mol. The predicted octanol–water partition coefficient (Wildman–Crippen LogP) is 3.60. The molecule has 0 aromatic heterocycles. The molecule has 1 aliphatic heterocycles. The Balaban J connectivity index is 2.17. The van der Waals surface area contributed by atoms with Crippen LogP contribution in [0, 0.1) is 18.3 Å². The van der Waals surface area contributed by atoms with Crippen molar-refractivity contribution in [2.45, 2.75) is 45.6 Å². The Morgan fingerprint density at radius 1 is 1.32 bits per heavy atom. The molecule has 0 N–H and O–H groups in total. The quantitative estimate of drug-likeness (QED) is 0.755. The molecule has 3 heteroatoms. The van der Waals surface area contributed by atoms with E-state index in [1.165, 1.54) is 12.8 Å². The Morgan fingerprint density at radius 3 is 2.79 bits per heavy atom. The second kappa shape index (κ2) is 5.88. The summed E-state index contributed by atoms with van der Waals surface area (Å²) in [5.41, 5.74) is 2.59. The van der Waals surface area contributed by atoms with Gasteiger partial charge < -0.3 is 4.90 Å². The summed E-state index contributed by atoms with van der Waals surface area (Å²) in [6, 6.07) is 7.64. The zero-order chi connectivity index (χ0) is 13.8. The van der Waals surface area contributed by atoms with Crippen LogP contribution in [-0.2, 0) is 0 Å². The molecular weight excluding hydrogens is 236 g/mol. The third-order valence-electron chi connectivity index (χ3n) is 3.76. The van der Waals surface area contributed by atoms with E-state index in [1.807, 2.05) is 25.1 Å². The summed E-state index contributed by atoms with van der Waals surface area (Å²) in [5, 5.41) is 9.35. The first-order valence-corrected chi connectivity index (χ1v) is 7.00. The molecule has 1 aromatic carbocycles. The molecule has 1 atom stereocenters. The van der Waals surface area contributed by atoms with Crippen molar-refractivity contribution in [1.82, 2.24) is 4.90 Å². The number of unbranched alkanes of at least 4 members (excludes halogenated alkanes) is 3. The number of fused-ring (bicyclic) bond motifs is 1. The summed E-state index contributed by atoms with van der Waals surface area (Å²) in [6.45, 7) is 4.79. The van der Waals surface area contributed by atoms with Gasteiger partial charge in [-0.05, 0) is 18.9 Å². The molecule has 1 aromatic rings. The van der Waals surface area contributed by atoms with Crippen molar-refractivity contribution in [2.75, 3.05) is 6.54 Å². The SMILES string of the molecule is CCCCCCN1C(=O)c2c(C)cccc2C1C#N. The highest BCUT2D eigenvalue weighted by Crippen LogP contribution is 2.34. The van der Waals surface area contributed by atoms with E-state index in [4.69, 9.17) is 0 Å². The van der Waals surface area contributed by atoms with Crippen LogP contribution in [0.2, 0.25) is 0 Å². The van der Waals surface area contributed by atoms with Crippen molar-refractivity contribution in [2.24, 2.45) is 0 Å². The van der Waals surface area contributed by atoms with Gasteiger partial charge in [-0.3, -0.25) is 4.79 Å². The molecule has 0 fully saturated rings. The molecule has 2 rings (SSSR count). The Hall–Kier alpha value is -1.82. The molecule has 100 valence electrons. The summed E-state index contributed by atoms with van der Waals surface area (Å²) in [7, 11) is 0. The van der Waals surface area contributed by atoms with Crippen LogP contribution in [0.1, 0.15) is 60.1 Å². The van der Waals surface area contributed by atoms with E-state index in [0.717, 1.165) is 29.5 Å². The van der Waals surface area contributed by atoms with E-state index in [9.17, 15) is 10.1 Å². The highest BCUT2D eigenvalue weighted by molar-refractivity contribution is 6.01. The van der Waals surface area contributed by atoms with Crippen LogP contribution in [-0.4, -0.2) is 17.4 Å². The number of nitrogens with zero attached hydrogens (tertiary/aromatic N) is 2. The zero-order valence-corrected chi connectivity index (χ0v) is 11.6. The van der Waals surface area contributed by atoms with Crippen molar-refractivity contribution < 1.29 is 4.79 Å². The summed E-state index contributed by atoms with van der Waals surface area (Å²) in [4.78, 5) is 14.2. The van der Waals surface area contributed by atoms with Crippen LogP contribution >= 0.6 is 0 Å². The highest BCUT2D eigenvalue weighted by atomic mass is 16.2. The lowest BCUT2D eigenvalue weighted by Gasteiger charge is -2.19. The Kier molecular flexibility index (Phi) is 4.21. The summed E-state index contributed by atoms with van der Waals surface area (Å²) < 4.78 is 0. The van der Waals surface area contributed by atoms with E-state index in [0.29, 0.717) is 6.54 Å². The average Bonchev–Trinajstić information content (AvgIpc) is 2.68. The Labute approximate surface area is 114 Å². The Bertz CT molecular complexity index is 516. The van der Waals surface area contributed by atoms with E-state index in [2.05, 4.69) is 13.0 Å². The van der Waals surface area contributed by atoms with E-state index >= 15 is 0 Å². The van der Waals surface area contributed by atoms with Crippen molar-refractivity contribution in [3.8, 4) is 6.07 Å². The maximum atomic E-state index is 12.4. The maximum Gasteiger partial charge on any atom is 0.255 e. The molecule has 1 heterocycles. The minimum Gasteiger partial charge on any atom is -0.318 e. The Morgan fingerprint density at radius 2 is 2.11 bits per heavy atom. The van der Waals surface area contributed by atoms with Gasteiger partial charge in [-0.2, -0.15) is 5.26 Å². The smallest absolute Gasteiger partial charge is 0.255 e. The van der Waals surface area contributed by atoms with Gasteiger partial charge in [0.25, 0.3) is 5.91 Å². The number of carbonyl (C=O) groups is 1. The normalized spacial score (nSPS) is 17.4. The fraction of sp³-hybridized carbons (Fsp3) is 0.500. The molecular formula is C16H20N2O. The number of hydrogen-bond donors (Lipinski definition) is 0. The minimum atomic E-state index is -0.399. The first-order valence-electron chi connectivity index (χ1n) is 7.00. The van der Waals surface area contributed by atoms with Gasteiger partial charge in [-0.1, -0.05) is 44.4 Å². The van der Waals surface area contributed by atoms with Gasteiger partial charge in [0.05, 0.1) is 6.07 Å². The van der Waals surface area contributed by atoms with Gasteiger partial charge >= 0.3 is 0 Å². The van der Waals surface area contributed by atoms with Gasteiger partial charge in [0.15, 0.2) is 0 Å². The molecule has 1 aliphatic rings. The van der Waals surface area contributed by atoms with Crippen molar-refractivity contribution in [3.05, 3.63) is 34.9 Å². The topological polar surface area (TPSA) is 44.1 Å². The van der Waals surface area contributed by atoms with Crippen LogP contribution in [0.3, 0.4) is 0 Å². The van der Waals surface area contributed by atoms with Crippen molar-refractivity contribution in [1.29, 1.82) is 5.26 Å². The van der Waals surface area contributed by atoms with E-state index in [-0.39, 0.29) is 5.91 Å². The summed E-state index contributed by atoms with van der Waals surface area (Å²) >= 11 is 0. The second-order valence-corrected chi connectivity index (χ2v) is 5.13. The second-order valence-electron chi connectivity index (χ2n) is 5.13. The summed E-state index contributed by atoms with van der Waals surface area (Å²) in [5.74, 6) is 0.0242. The van der Waals surface area contributed by atoms with Crippen LogP contribution in [0.15, 0.2) is 18.2 Å². The fourth-order valence-electron chi connectivity index (χ4n) is 2.72. The molecule has 3 nitrogen and oxygen atoms in total. The van der Waals surface area contributed by atoms with Gasteiger partial charge in [0.2, 0.25) is 0 Å². The largest absolute Gasteiger partial charge is 0.318 e. The van der Waals surface area contributed by atoms with Crippen LogP contribution in [0.25, 0.3) is 0 Å². The lowest BCUT2D eigenvalue weighted by molar-refractivity contribution is 0.0754. The first-order chi connectivity index (χ1) is 9.20. The van der Waals surface area contributed by atoms with Gasteiger partial charge in [0, 0.05) is 17.7 Å². The third kappa shape index (κ3) is 2.49.